The highest BCUT2D eigenvalue weighted by atomic mass is 32.2. The summed E-state index contributed by atoms with van der Waals surface area (Å²) in [5.74, 6) is -3.12. The van der Waals surface area contributed by atoms with Gasteiger partial charge in [0.15, 0.2) is 5.25 Å². The zero-order valence-corrected chi connectivity index (χ0v) is 14.8. The Kier molecular flexibility index (Phi) is 4.90. The summed E-state index contributed by atoms with van der Waals surface area (Å²) in [6.45, 7) is 1.83. The van der Waals surface area contributed by atoms with Crippen molar-refractivity contribution in [1.82, 2.24) is 0 Å². The van der Waals surface area contributed by atoms with E-state index in [4.69, 9.17) is 9.57 Å². The van der Waals surface area contributed by atoms with E-state index >= 15 is 0 Å². The van der Waals surface area contributed by atoms with Gasteiger partial charge in [-0.3, -0.25) is 4.21 Å². The largest absolute Gasteiger partial charge is 0.459 e. The first kappa shape index (κ1) is 18.6. The van der Waals surface area contributed by atoms with Gasteiger partial charge in [0.2, 0.25) is 0 Å². The first-order chi connectivity index (χ1) is 12.3. The number of rotatable bonds is 4. The number of hydrogen-bond donors (Lipinski definition) is 0. The molecule has 2 aromatic carbocycles. The highest BCUT2D eigenvalue weighted by Crippen LogP contribution is 2.45. The summed E-state index contributed by atoms with van der Waals surface area (Å²) in [7, 11) is -1.24. The molecule has 1 heterocycles. The Morgan fingerprint density at radius 1 is 1.12 bits per heavy atom. The quantitative estimate of drug-likeness (QED) is 0.807. The molecule has 0 saturated heterocycles. The van der Waals surface area contributed by atoms with Crippen molar-refractivity contribution in [2.75, 3.05) is 7.11 Å². The SMILES string of the molecule is CO[C@]1(C(F)(F)F)ON=C(c2ccccc2)[C@@H]1[S@](=O)c1ccc(C)cc1. The van der Waals surface area contributed by atoms with Gasteiger partial charge in [-0.25, -0.2) is 0 Å². The summed E-state index contributed by atoms with van der Waals surface area (Å²) in [6, 6.07) is 14.6. The normalized spacial score (nSPS) is 24.0. The van der Waals surface area contributed by atoms with Crippen molar-refractivity contribution in [3.05, 3.63) is 65.7 Å². The van der Waals surface area contributed by atoms with Gasteiger partial charge in [0.25, 0.3) is 0 Å². The highest BCUT2D eigenvalue weighted by molar-refractivity contribution is 7.86. The number of aryl methyl sites for hydroxylation is 1. The summed E-state index contributed by atoms with van der Waals surface area (Å²) in [5, 5.41) is 1.95. The molecule has 138 valence electrons. The maximum Gasteiger partial charge on any atom is 0.459 e. The van der Waals surface area contributed by atoms with Crippen molar-refractivity contribution in [1.29, 1.82) is 0 Å². The van der Waals surface area contributed by atoms with E-state index in [1.807, 2.05) is 6.92 Å². The van der Waals surface area contributed by atoms with Gasteiger partial charge in [-0.2, -0.15) is 13.2 Å². The molecule has 0 radical (unpaired) electrons. The molecule has 4 nitrogen and oxygen atoms in total. The van der Waals surface area contributed by atoms with Crippen molar-refractivity contribution < 1.29 is 27.0 Å². The Morgan fingerprint density at radius 3 is 2.27 bits per heavy atom. The number of oxime groups is 1. The molecule has 0 N–H and O–H groups in total. The molecule has 0 bridgehead atoms. The van der Waals surface area contributed by atoms with Crippen LogP contribution >= 0.6 is 0 Å². The van der Waals surface area contributed by atoms with Gasteiger partial charge in [-0.1, -0.05) is 53.2 Å². The fourth-order valence-corrected chi connectivity index (χ4v) is 4.33. The molecule has 0 amide bonds. The minimum atomic E-state index is -4.94. The summed E-state index contributed by atoms with van der Waals surface area (Å²) in [4.78, 5) is 4.98. The zero-order chi connectivity index (χ0) is 18.9. The monoisotopic (exact) mass is 383 g/mol. The maximum absolute atomic E-state index is 13.8. The zero-order valence-electron chi connectivity index (χ0n) is 14.0. The lowest BCUT2D eigenvalue weighted by Crippen LogP contribution is -2.58. The van der Waals surface area contributed by atoms with E-state index < -0.39 is 28.0 Å². The van der Waals surface area contributed by atoms with Crippen LogP contribution in [0.15, 0.2) is 64.6 Å². The molecule has 26 heavy (non-hydrogen) atoms. The first-order valence-electron chi connectivity index (χ1n) is 7.71. The van der Waals surface area contributed by atoms with E-state index in [-0.39, 0.29) is 10.6 Å². The molecule has 3 rings (SSSR count). The fourth-order valence-electron chi connectivity index (χ4n) is 2.72. The third-order valence-corrected chi connectivity index (χ3v) is 5.81. The average molecular weight is 383 g/mol. The van der Waals surface area contributed by atoms with Gasteiger partial charge in [0.05, 0.1) is 10.8 Å². The number of halogens is 3. The molecule has 0 unspecified atom stereocenters. The van der Waals surface area contributed by atoms with Gasteiger partial charge in [-0.15, -0.1) is 0 Å². The van der Waals surface area contributed by atoms with Gasteiger partial charge < -0.3 is 9.57 Å². The number of benzene rings is 2. The smallest absolute Gasteiger partial charge is 0.348 e. The highest BCUT2D eigenvalue weighted by Gasteiger charge is 2.70. The number of ether oxygens (including phenoxy) is 1. The van der Waals surface area contributed by atoms with E-state index in [9.17, 15) is 17.4 Å². The predicted molar refractivity (Wildman–Crippen MR) is 91.2 cm³/mol. The Morgan fingerprint density at radius 2 is 1.73 bits per heavy atom. The van der Waals surface area contributed by atoms with Gasteiger partial charge in [-0.05, 0) is 19.1 Å². The molecule has 1 aliphatic heterocycles. The van der Waals surface area contributed by atoms with Crippen LogP contribution in [0.25, 0.3) is 0 Å². The minimum absolute atomic E-state index is 0.0660. The lowest BCUT2D eigenvalue weighted by atomic mass is 10.0. The van der Waals surface area contributed by atoms with E-state index in [0.717, 1.165) is 12.7 Å². The first-order valence-corrected chi connectivity index (χ1v) is 8.92. The van der Waals surface area contributed by atoms with Crippen LogP contribution in [-0.2, 0) is 20.4 Å². The minimum Gasteiger partial charge on any atom is -0.348 e. The lowest BCUT2D eigenvalue weighted by Gasteiger charge is -2.32. The molecule has 3 atom stereocenters. The Balaban J connectivity index is 2.13. The topological polar surface area (TPSA) is 47.9 Å². The Hall–Kier alpha value is -2.19. The van der Waals surface area contributed by atoms with Crippen molar-refractivity contribution in [2.24, 2.45) is 5.16 Å². The molecule has 0 spiro atoms. The number of nitrogens with zero attached hydrogens (tertiary/aromatic N) is 1. The fraction of sp³-hybridized carbons (Fsp3) is 0.278. The predicted octanol–water partition coefficient (Wildman–Crippen LogP) is 3.81. The molecule has 8 heteroatoms. The second-order valence-electron chi connectivity index (χ2n) is 5.79. The summed E-state index contributed by atoms with van der Waals surface area (Å²) in [6.07, 6.45) is -4.94. The summed E-state index contributed by atoms with van der Waals surface area (Å²) >= 11 is 0. The molecule has 0 aromatic heterocycles. The standard InChI is InChI=1S/C18H16F3NO3S/c1-12-8-10-14(11-9-12)26(23)16-15(13-6-4-3-5-7-13)22-25-17(16,24-2)18(19,20)21/h3-11,16H,1-2H3/t16-,17-,26+/m0/s1. The Bertz CT molecular complexity index is 837. The molecule has 0 saturated carbocycles. The maximum atomic E-state index is 13.8. The van der Waals surface area contributed by atoms with Crippen LogP contribution < -0.4 is 0 Å². The van der Waals surface area contributed by atoms with Crippen LogP contribution in [0.4, 0.5) is 13.2 Å². The van der Waals surface area contributed by atoms with Crippen LogP contribution in [-0.4, -0.2) is 34.2 Å². The van der Waals surface area contributed by atoms with Crippen molar-refractivity contribution in [3.8, 4) is 0 Å². The number of methoxy groups -OCH3 is 1. The van der Waals surface area contributed by atoms with Gasteiger partial charge >= 0.3 is 12.0 Å². The second-order valence-corrected chi connectivity index (χ2v) is 7.33. The van der Waals surface area contributed by atoms with Crippen LogP contribution in [0.2, 0.25) is 0 Å². The van der Waals surface area contributed by atoms with Crippen molar-refractivity contribution in [3.63, 3.8) is 0 Å². The van der Waals surface area contributed by atoms with E-state index in [2.05, 4.69) is 5.16 Å². The molecule has 0 fully saturated rings. The molecule has 1 aliphatic rings. The van der Waals surface area contributed by atoms with Crippen LogP contribution in [0.3, 0.4) is 0 Å². The molecular formula is C18H16F3NO3S. The second kappa shape index (κ2) is 6.85. The third-order valence-electron chi connectivity index (χ3n) is 4.11. The molecular weight excluding hydrogens is 367 g/mol. The Labute approximate surface area is 151 Å². The summed E-state index contributed by atoms with van der Waals surface area (Å²) in [5.41, 5.74) is 1.23. The van der Waals surface area contributed by atoms with E-state index in [1.54, 1.807) is 42.5 Å². The third kappa shape index (κ3) is 3.03. The van der Waals surface area contributed by atoms with Crippen LogP contribution in [0.1, 0.15) is 11.1 Å². The van der Waals surface area contributed by atoms with Crippen molar-refractivity contribution in [2.45, 2.75) is 29.0 Å². The molecule has 0 aliphatic carbocycles. The van der Waals surface area contributed by atoms with E-state index in [1.165, 1.54) is 12.1 Å². The molecule has 2 aromatic rings. The van der Waals surface area contributed by atoms with Crippen LogP contribution in [0, 0.1) is 6.92 Å². The van der Waals surface area contributed by atoms with E-state index in [0.29, 0.717) is 5.56 Å². The van der Waals surface area contributed by atoms with Crippen molar-refractivity contribution >= 4 is 16.5 Å². The average Bonchev–Trinajstić information content (AvgIpc) is 3.03. The summed E-state index contributed by atoms with van der Waals surface area (Å²) < 4.78 is 59.4. The lowest BCUT2D eigenvalue weighted by molar-refractivity contribution is -0.362. The number of hydrogen-bond acceptors (Lipinski definition) is 4. The van der Waals surface area contributed by atoms with Gasteiger partial charge in [0, 0.05) is 17.6 Å². The van der Waals surface area contributed by atoms with Gasteiger partial charge in [0.1, 0.15) is 5.71 Å². The van der Waals surface area contributed by atoms with Crippen LogP contribution in [0.5, 0.6) is 0 Å². The number of alkyl halides is 3.